The molecule has 0 fully saturated rings. The first kappa shape index (κ1) is 22.2. The number of carbonyl (C=O) groups excluding carboxylic acids is 1. The lowest BCUT2D eigenvalue weighted by Gasteiger charge is -2.08. The van der Waals surface area contributed by atoms with Gasteiger partial charge in [0.15, 0.2) is 0 Å². The van der Waals surface area contributed by atoms with Gasteiger partial charge in [-0.3, -0.25) is 9.52 Å². The molecule has 0 unspecified atom stereocenters. The van der Waals surface area contributed by atoms with Gasteiger partial charge in [-0.05, 0) is 42.3 Å². The van der Waals surface area contributed by atoms with Gasteiger partial charge >= 0.3 is 0 Å². The smallest absolute Gasteiger partial charge is 0.263 e. The SMILES string of the molecule is CC(C)c1nnc(NS(=O)(=O)c2ccc(CCNC(=O)c3cccc(Cl)c3)cc2)s1. The second-order valence-corrected chi connectivity index (χ2v) is 9.99. The van der Waals surface area contributed by atoms with Crippen LogP contribution >= 0.6 is 22.9 Å². The van der Waals surface area contributed by atoms with Crippen molar-refractivity contribution in [2.75, 3.05) is 11.3 Å². The van der Waals surface area contributed by atoms with Crippen LogP contribution in [0, 0.1) is 0 Å². The van der Waals surface area contributed by atoms with Crippen LogP contribution in [0.1, 0.15) is 40.7 Å². The second kappa shape index (κ2) is 9.55. The molecule has 2 N–H and O–H groups in total. The summed E-state index contributed by atoms with van der Waals surface area (Å²) in [6.07, 6.45) is 0.564. The number of hydrogen-bond acceptors (Lipinski definition) is 6. The molecule has 7 nitrogen and oxygen atoms in total. The summed E-state index contributed by atoms with van der Waals surface area (Å²) in [7, 11) is -3.74. The van der Waals surface area contributed by atoms with E-state index < -0.39 is 10.0 Å². The fourth-order valence-electron chi connectivity index (χ4n) is 2.57. The number of amides is 1. The van der Waals surface area contributed by atoms with E-state index in [4.69, 9.17) is 11.6 Å². The number of benzene rings is 2. The van der Waals surface area contributed by atoms with Crippen molar-refractivity contribution in [1.82, 2.24) is 15.5 Å². The van der Waals surface area contributed by atoms with Crippen molar-refractivity contribution in [3.8, 4) is 0 Å². The van der Waals surface area contributed by atoms with E-state index in [2.05, 4.69) is 20.2 Å². The lowest BCUT2D eigenvalue weighted by molar-refractivity contribution is 0.0954. The summed E-state index contributed by atoms with van der Waals surface area (Å²) in [5, 5.41) is 12.2. The van der Waals surface area contributed by atoms with Crippen LogP contribution in [0.2, 0.25) is 5.02 Å². The predicted molar refractivity (Wildman–Crippen MR) is 119 cm³/mol. The topological polar surface area (TPSA) is 101 Å². The molecule has 0 radical (unpaired) electrons. The Hall–Kier alpha value is -2.49. The Morgan fingerprint density at radius 3 is 2.50 bits per heavy atom. The predicted octanol–water partition coefficient (Wildman–Crippen LogP) is 4.09. The lowest BCUT2D eigenvalue weighted by atomic mass is 10.1. The zero-order valence-corrected chi connectivity index (χ0v) is 18.8. The van der Waals surface area contributed by atoms with Crippen molar-refractivity contribution in [2.45, 2.75) is 31.1 Å². The molecule has 158 valence electrons. The minimum atomic E-state index is -3.74. The number of sulfonamides is 1. The second-order valence-electron chi connectivity index (χ2n) is 6.87. The zero-order valence-electron chi connectivity index (χ0n) is 16.4. The molecule has 0 aliphatic rings. The van der Waals surface area contributed by atoms with Crippen LogP contribution in [0.5, 0.6) is 0 Å². The van der Waals surface area contributed by atoms with Crippen LogP contribution in [0.15, 0.2) is 53.4 Å². The molecule has 0 aliphatic heterocycles. The van der Waals surface area contributed by atoms with Gasteiger partial charge in [0, 0.05) is 23.0 Å². The quantitative estimate of drug-likeness (QED) is 0.522. The van der Waals surface area contributed by atoms with Gasteiger partial charge in [-0.15, -0.1) is 10.2 Å². The van der Waals surface area contributed by atoms with E-state index in [0.29, 0.717) is 23.6 Å². The molecule has 10 heteroatoms. The zero-order chi connectivity index (χ0) is 21.7. The largest absolute Gasteiger partial charge is 0.352 e. The Morgan fingerprint density at radius 2 is 1.87 bits per heavy atom. The molecular weight excluding hydrogens is 444 g/mol. The van der Waals surface area contributed by atoms with Crippen LogP contribution in [0.3, 0.4) is 0 Å². The summed E-state index contributed by atoms with van der Waals surface area (Å²) in [5.74, 6) is -0.0295. The van der Waals surface area contributed by atoms with Crippen molar-refractivity contribution >= 4 is 44.0 Å². The third kappa shape index (κ3) is 5.78. The summed E-state index contributed by atoms with van der Waals surface area (Å²) in [6.45, 7) is 4.35. The molecule has 30 heavy (non-hydrogen) atoms. The number of halogens is 1. The highest BCUT2D eigenvalue weighted by atomic mass is 35.5. The van der Waals surface area contributed by atoms with E-state index in [0.717, 1.165) is 10.6 Å². The molecular formula is C20H21ClN4O3S2. The van der Waals surface area contributed by atoms with Crippen LogP contribution in [0.25, 0.3) is 0 Å². The first-order chi connectivity index (χ1) is 14.2. The van der Waals surface area contributed by atoms with E-state index in [1.165, 1.54) is 23.5 Å². The van der Waals surface area contributed by atoms with Crippen molar-refractivity contribution < 1.29 is 13.2 Å². The average molecular weight is 465 g/mol. The number of hydrogen-bond donors (Lipinski definition) is 2. The highest BCUT2D eigenvalue weighted by Gasteiger charge is 2.17. The van der Waals surface area contributed by atoms with Crippen LogP contribution in [-0.2, 0) is 16.4 Å². The molecule has 1 heterocycles. The molecule has 1 amide bonds. The fourth-order valence-corrected chi connectivity index (χ4v) is 4.74. The Balaban J connectivity index is 1.56. The van der Waals surface area contributed by atoms with E-state index >= 15 is 0 Å². The van der Waals surface area contributed by atoms with Crippen molar-refractivity contribution in [1.29, 1.82) is 0 Å². The molecule has 0 bridgehead atoms. The highest BCUT2D eigenvalue weighted by Crippen LogP contribution is 2.24. The summed E-state index contributed by atoms with van der Waals surface area (Å²) < 4.78 is 27.5. The maximum atomic E-state index is 12.5. The lowest BCUT2D eigenvalue weighted by Crippen LogP contribution is -2.25. The maximum Gasteiger partial charge on any atom is 0.263 e. The van der Waals surface area contributed by atoms with Crippen LogP contribution < -0.4 is 10.0 Å². The first-order valence-corrected chi connectivity index (χ1v) is 11.9. The maximum absolute atomic E-state index is 12.5. The van der Waals surface area contributed by atoms with Gasteiger partial charge in [-0.2, -0.15) is 0 Å². The monoisotopic (exact) mass is 464 g/mol. The molecule has 0 spiro atoms. The van der Waals surface area contributed by atoms with Gasteiger partial charge in [0.2, 0.25) is 5.13 Å². The van der Waals surface area contributed by atoms with E-state index in [-0.39, 0.29) is 21.9 Å². The number of rotatable bonds is 8. The van der Waals surface area contributed by atoms with Gasteiger partial charge in [0.1, 0.15) is 5.01 Å². The number of aromatic nitrogens is 2. The number of anilines is 1. The highest BCUT2D eigenvalue weighted by molar-refractivity contribution is 7.93. The van der Waals surface area contributed by atoms with Crippen LogP contribution in [-0.4, -0.2) is 31.1 Å². The fraction of sp³-hybridized carbons (Fsp3) is 0.250. The Morgan fingerprint density at radius 1 is 1.13 bits per heavy atom. The number of nitrogens with zero attached hydrogens (tertiary/aromatic N) is 2. The molecule has 3 rings (SSSR count). The molecule has 0 aliphatic carbocycles. The third-order valence-electron chi connectivity index (χ3n) is 4.18. The minimum absolute atomic E-state index is 0.135. The van der Waals surface area contributed by atoms with Crippen molar-refractivity contribution in [3.63, 3.8) is 0 Å². The standard InChI is InChI=1S/C20H21ClN4O3S2/c1-13(2)19-23-24-20(29-19)25-30(27,28)17-8-6-14(7-9-17)10-11-22-18(26)15-4-3-5-16(21)12-15/h3-9,12-13H,10-11H2,1-2H3,(H,22,26)(H,24,25). The molecule has 0 atom stereocenters. The van der Waals surface area contributed by atoms with Gasteiger partial charge < -0.3 is 5.32 Å². The summed E-state index contributed by atoms with van der Waals surface area (Å²) >= 11 is 7.11. The summed E-state index contributed by atoms with van der Waals surface area (Å²) in [4.78, 5) is 12.3. The van der Waals surface area contributed by atoms with E-state index in [1.54, 1.807) is 36.4 Å². The number of carbonyl (C=O) groups is 1. The summed E-state index contributed by atoms with van der Waals surface area (Å²) in [5.41, 5.74) is 1.39. The summed E-state index contributed by atoms with van der Waals surface area (Å²) in [6, 6.07) is 13.2. The molecule has 2 aromatic carbocycles. The Labute approximate surface area is 184 Å². The van der Waals surface area contributed by atoms with Gasteiger partial charge in [0.25, 0.3) is 15.9 Å². The van der Waals surface area contributed by atoms with Gasteiger partial charge in [0.05, 0.1) is 4.90 Å². The third-order valence-corrected chi connectivity index (χ3v) is 7.03. The first-order valence-electron chi connectivity index (χ1n) is 9.23. The van der Waals surface area contributed by atoms with Crippen molar-refractivity contribution in [2.24, 2.45) is 0 Å². The minimum Gasteiger partial charge on any atom is -0.352 e. The number of nitrogens with one attached hydrogen (secondary N) is 2. The van der Waals surface area contributed by atoms with Crippen molar-refractivity contribution in [3.05, 3.63) is 69.7 Å². The molecule has 1 aromatic heterocycles. The van der Waals surface area contributed by atoms with Crippen LogP contribution in [0.4, 0.5) is 5.13 Å². The molecule has 0 saturated heterocycles. The Kier molecular flexibility index (Phi) is 7.06. The Bertz CT molecular complexity index is 1130. The molecule has 0 saturated carbocycles. The molecule has 3 aromatic rings. The average Bonchev–Trinajstić information content (AvgIpc) is 3.16. The van der Waals surface area contributed by atoms with Gasteiger partial charge in [-0.25, -0.2) is 8.42 Å². The van der Waals surface area contributed by atoms with E-state index in [1.807, 2.05) is 13.8 Å². The van der Waals surface area contributed by atoms with E-state index in [9.17, 15) is 13.2 Å². The normalized spacial score (nSPS) is 11.5. The van der Waals surface area contributed by atoms with Gasteiger partial charge in [-0.1, -0.05) is 55.0 Å².